The van der Waals surface area contributed by atoms with Crippen LogP contribution in [0.5, 0.6) is 0 Å². The van der Waals surface area contributed by atoms with Crippen LogP contribution in [0.4, 0.5) is 5.82 Å². The number of carbonyl (C=O) groups is 1. The summed E-state index contributed by atoms with van der Waals surface area (Å²) in [5.74, 6) is 2.66. The summed E-state index contributed by atoms with van der Waals surface area (Å²) in [6.45, 7) is 9.96. The Labute approximate surface area is 207 Å². The molecule has 182 valence electrons. The summed E-state index contributed by atoms with van der Waals surface area (Å²) in [6, 6.07) is 8.16. The lowest BCUT2D eigenvalue weighted by molar-refractivity contribution is -0.124. The molecule has 0 saturated carbocycles. The van der Waals surface area contributed by atoms with E-state index in [4.69, 9.17) is 19.7 Å². The number of nitrogens with zero attached hydrogens (tertiary/aromatic N) is 6. The first-order valence-electron chi connectivity index (χ1n) is 12.2. The van der Waals surface area contributed by atoms with E-state index in [0.717, 1.165) is 71.1 Å². The van der Waals surface area contributed by atoms with E-state index in [0.29, 0.717) is 32.3 Å². The molecule has 0 aliphatic carbocycles. The average molecular weight is 492 g/mol. The number of nitrogens with one attached hydrogen (secondary N) is 1. The second-order valence-corrected chi connectivity index (χ2v) is 10.1. The van der Waals surface area contributed by atoms with E-state index >= 15 is 0 Å². The zero-order chi connectivity index (χ0) is 23.9. The minimum absolute atomic E-state index is 0.0881. The van der Waals surface area contributed by atoms with Gasteiger partial charge in [0.05, 0.1) is 41.0 Å². The number of thiophene rings is 1. The van der Waals surface area contributed by atoms with Gasteiger partial charge in [0.1, 0.15) is 5.82 Å². The van der Waals surface area contributed by atoms with Crippen LogP contribution in [-0.2, 0) is 22.5 Å². The Balaban J connectivity index is 1.51. The van der Waals surface area contributed by atoms with Crippen molar-refractivity contribution < 1.29 is 9.53 Å². The van der Waals surface area contributed by atoms with E-state index in [2.05, 4.69) is 39.6 Å². The molecule has 0 atom stereocenters. The number of rotatable bonds is 5. The lowest BCUT2D eigenvalue weighted by Crippen LogP contribution is -2.47. The summed E-state index contributed by atoms with van der Waals surface area (Å²) in [4.78, 5) is 32.8. The molecule has 5 heterocycles. The van der Waals surface area contributed by atoms with Gasteiger partial charge in [-0.15, -0.1) is 11.3 Å². The number of anilines is 1. The van der Waals surface area contributed by atoms with Gasteiger partial charge in [-0.25, -0.2) is 9.97 Å². The molecule has 0 radical (unpaired) electrons. The topological polar surface area (TPSA) is 88.4 Å². The predicted octanol–water partition coefficient (Wildman–Crippen LogP) is 2.67. The summed E-state index contributed by atoms with van der Waals surface area (Å²) in [6.07, 6.45) is 0.786. The molecule has 3 aromatic heterocycles. The van der Waals surface area contributed by atoms with E-state index in [9.17, 15) is 4.79 Å². The molecule has 35 heavy (non-hydrogen) atoms. The summed E-state index contributed by atoms with van der Waals surface area (Å²) in [5.41, 5.74) is 4.12. The lowest BCUT2D eigenvalue weighted by atomic mass is 10.2. The first-order chi connectivity index (χ1) is 17.1. The molecule has 1 aromatic carbocycles. The normalized spacial score (nSPS) is 17.4. The summed E-state index contributed by atoms with van der Waals surface area (Å²) >= 11 is 1.75. The van der Waals surface area contributed by atoms with E-state index < -0.39 is 0 Å². The molecule has 2 saturated heterocycles. The van der Waals surface area contributed by atoms with E-state index in [1.165, 1.54) is 4.88 Å². The van der Waals surface area contributed by atoms with Gasteiger partial charge in [-0.1, -0.05) is 19.1 Å². The highest BCUT2D eigenvalue weighted by Crippen LogP contribution is 2.37. The molecule has 0 unspecified atom stereocenters. The van der Waals surface area contributed by atoms with Gasteiger partial charge in [-0.05, 0) is 24.6 Å². The maximum atomic E-state index is 11.9. The Hall–Kier alpha value is -3.08. The number of imidazole rings is 1. The monoisotopic (exact) mass is 491 g/mol. The van der Waals surface area contributed by atoms with Crippen LogP contribution in [0.2, 0.25) is 0 Å². The second-order valence-electron chi connectivity index (χ2n) is 9.04. The molecule has 4 aromatic rings. The summed E-state index contributed by atoms with van der Waals surface area (Å²) in [7, 11) is 0. The van der Waals surface area contributed by atoms with E-state index in [1.807, 2.05) is 18.2 Å². The van der Waals surface area contributed by atoms with Crippen molar-refractivity contribution in [3.05, 3.63) is 40.5 Å². The van der Waals surface area contributed by atoms with Gasteiger partial charge in [-0.2, -0.15) is 4.98 Å². The van der Waals surface area contributed by atoms with Crippen molar-refractivity contribution in [1.82, 2.24) is 29.7 Å². The highest BCUT2D eigenvalue weighted by atomic mass is 32.1. The molecule has 2 aliphatic rings. The number of carbonyl (C=O) groups excluding carboxylic acids is 1. The number of ether oxygens (including phenoxy) is 1. The summed E-state index contributed by atoms with van der Waals surface area (Å²) < 4.78 is 8.83. The Morgan fingerprint density at radius 1 is 1.11 bits per heavy atom. The molecule has 1 N–H and O–H groups in total. The zero-order valence-corrected chi connectivity index (χ0v) is 20.9. The van der Waals surface area contributed by atoms with Crippen molar-refractivity contribution >= 4 is 44.3 Å². The third kappa shape index (κ3) is 4.05. The molecule has 2 fully saturated rings. The molecule has 2 aliphatic heterocycles. The third-order valence-electron chi connectivity index (χ3n) is 6.78. The fourth-order valence-corrected chi connectivity index (χ4v) is 6.22. The molecule has 6 rings (SSSR count). The Kier molecular flexibility index (Phi) is 5.87. The number of morpholine rings is 1. The minimum atomic E-state index is 0.0881. The highest BCUT2D eigenvalue weighted by molar-refractivity contribution is 7.19. The van der Waals surface area contributed by atoms with E-state index in [-0.39, 0.29) is 5.91 Å². The SMILES string of the molecule is CCc1nc2ccccc2n1-c1nc(N2CCOCC2)c2sc(CN3CCNC(=O)C3)c(C)c2n1. The van der Waals surface area contributed by atoms with Crippen molar-refractivity contribution in [3.63, 3.8) is 0 Å². The van der Waals surface area contributed by atoms with Gasteiger partial charge in [-0.3, -0.25) is 14.3 Å². The van der Waals surface area contributed by atoms with Crippen molar-refractivity contribution in [3.8, 4) is 5.95 Å². The number of hydrogen-bond donors (Lipinski definition) is 1. The third-order valence-corrected chi connectivity index (χ3v) is 8.04. The lowest BCUT2D eigenvalue weighted by Gasteiger charge is -2.28. The highest BCUT2D eigenvalue weighted by Gasteiger charge is 2.25. The number of hydrogen-bond acceptors (Lipinski definition) is 8. The predicted molar refractivity (Wildman–Crippen MR) is 137 cm³/mol. The fourth-order valence-electron chi connectivity index (χ4n) is 4.91. The minimum Gasteiger partial charge on any atom is -0.378 e. The van der Waals surface area contributed by atoms with Crippen LogP contribution < -0.4 is 10.2 Å². The van der Waals surface area contributed by atoms with Crippen LogP contribution in [0.15, 0.2) is 24.3 Å². The molecule has 0 spiro atoms. The average Bonchev–Trinajstić information content (AvgIpc) is 3.41. The maximum absolute atomic E-state index is 11.9. The Morgan fingerprint density at radius 2 is 1.94 bits per heavy atom. The van der Waals surface area contributed by atoms with E-state index in [1.54, 1.807) is 11.3 Å². The van der Waals surface area contributed by atoms with Gasteiger partial charge in [0.15, 0.2) is 5.82 Å². The fraction of sp³-hybridized carbons (Fsp3) is 0.440. The number of benzene rings is 1. The molecule has 9 nitrogen and oxygen atoms in total. The van der Waals surface area contributed by atoms with Crippen LogP contribution in [0, 0.1) is 6.92 Å². The van der Waals surface area contributed by atoms with Gasteiger partial charge < -0.3 is 15.0 Å². The number of fused-ring (bicyclic) bond motifs is 2. The maximum Gasteiger partial charge on any atom is 0.238 e. The standard InChI is InChI=1S/C25H29N7O2S/c1-3-20-27-17-6-4-5-7-18(17)32(20)25-28-22-16(2)19(14-30-9-8-26-21(33)15-30)35-23(22)24(29-25)31-10-12-34-13-11-31/h4-7H,3,8-15H2,1-2H3,(H,26,33). The number of aryl methyl sites for hydroxylation is 2. The quantitative estimate of drug-likeness (QED) is 0.459. The van der Waals surface area contributed by atoms with Crippen LogP contribution in [0.3, 0.4) is 0 Å². The van der Waals surface area contributed by atoms with Crippen molar-refractivity contribution in [2.75, 3.05) is 50.8 Å². The molecule has 0 bridgehead atoms. The second kappa shape index (κ2) is 9.18. The van der Waals surface area contributed by atoms with Crippen molar-refractivity contribution in [1.29, 1.82) is 0 Å². The Morgan fingerprint density at radius 3 is 2.74 bits per heavy atom. The summed E-state index contributed by atoms with van der Waals surface area (Å²) in [5, 5.41) is 2.91. The smallest absolute Gasteiger partial charge is 0.238 e. The van der Waals surface area contributed by atoms with Crippen LogP contribution in [0.25, 0.3) is 27.2 Å². The van der Waals surface area contributed by atoms with Crippen molar-refractivity contribution in [2.24, 2.45) is 0 Å². The molecular formula is C25H29N7O2S. The first kappa shape index (κ1) is 22.4. The number of amides is 1. The Bertz CT molecular complexity index is 1410. The largest absolute Gasteiger partial charge is 0.378 e. The first-order valence-corrected chi connectivity index (χ1v) is 13.0. The van der Waals surface area contributed by atoms with Crippen LogP contribution in [0.1, 0.15) is 23.2 Å². The van der Waals surface area contributed by atoms with Gasteiger partial charge in [0.2, 0.25) is 11.9 Å². The van der Waals surface area contributed by atoms with Gasteiger partial charge >= 0.3 is 0 Å². The molecule has 1 amide bonds. The van der Waals surface area contributed by atoms with Crippen molar-refractivity contribution in [2.45, 2.75) is 26.8 Å². The molecule has 10 heteroatoms. The zero-order valence-electron chi connectivity index (χ0n) is 20.1. The number of aromatic nitrogens is 4. The van der Waals surface area contributed by atoms with Gasteiger partial charge in [0, 0.05) is 44.0 Å². The molecular weight excluding hydrogens is 462 g/mol. The van der Waals surface area contributed by atoms with Gasteiger partial charge in [0.25, 0.3) is 0 Å². The number of para-hydroxylation sites is 2. The van der Waals surface area contributed by atoms with Crippen LogP contribution >= 0.6 is 11.3 Å². The van der Waals surface area contributed by atoms with Crippen LogP contribution in [-0.4, -0.2) is 76.3 Å². The number of piperazine rings is 1.